The van der Waals surface area contributed by atoms with Crippen molar-refractivity contribution in [1.29, 1.82) is 0 Å². The Morgan fingerprint density at radius 3 is 2.88 bits per heavy atom. The van der Waals surface area contributed by atoms with E-state index in [-0.39, 0.29) is 17.0 Å². The molecule has 1 saturated carbocycles. The summed E-state index contributed by atoms with van der Waals surface area (Å²) in [7, 11) is 0. The number of carbonyl (C=O) groups excluding carboxylic acids is 1. The Morgan fingerprint density at radius 2 is 2.19 bits per heavy atom. The predicted molar refractivity (Wildman–Crippen MR) is 57.8 cm³/mol. The molecule has 0 bridgehead atoms. The van der Waals surface area contributed by atoms with Crippen LogP contribution in [0.4, 0.5) is 0 Å². The second kappa shape index (κ2) is 5.23. The topological polar surface area (TPSA) is 64.1 Å². The summed E-state index contributed by atoms with van der Waals surface area (Å²) in [6.07, 6.45) is 7.11. The smallest absolute Gasteiger partial charge is 0.270 e. The van der Waals surface area contributed by atoms with Crippen LogP contribution < -0.4 is 5.48 Å². The fourth-order valence-corrected chi connectivity index (χ4v) is 1.79. The highest BCUT2D eigenvalue weighted by Gasteiger charge is 2.17. The molecular formula is C10H12ClN3O2. The van der Waals surface area contributed by atoms with Crippen LogP contribution in [0.1, 0.15) is 36.2 Å². The van der Waals surface area contributed by atoms with Gasteiger partial charge in [-0.25, -0.2) is 10.5 Å². The molecule has 16 heavy (non-hydrogen) atoms. The van der Waals surface area contributed by atoms with Crippen LogP contribution in [0.3, 0.4) is 0 Å². The highest BCUT2D eigenvalue weighted by molar-refractivity contribution is 6.29. The lowest BCUT2D eigenvalue weighted by Crippen LogP contribution is -2.29. The summed E-state index contributed by atoms with van der Waals surface area (Å²) in [4.78, 5) is 24.4. The maximum atomic E-state index is 11.6. The van der Waals surface area contributed by atoms with Gasteiger partial charge in [0, 0.05) is 0 Å². The van der Waals surface area contributed by atoms with Crippen LogP contribution in [0.5, 0.6) is 0 Å². The molecule has 0 saturated heterocycles. The second-order valence-corrected chi connectivity index (χ2v) is 4.07. The van der Waals surface area contributed by atoms with Crippen molar-refractivity contribution < 1.29 is 9.63 Å². The van der Waals surface area contributed by atoms with Crippen molar-refractivity contribution in [1.82, 2.24) is 15.4 Å². The van der Waals surface area contributed by atoms with Crippen LogP contribution in [0.25, 0.3) is 0 Å². The van der Waals surface area contributed by atoms with Gasteiger partial charge in [0.15, 0.2) is 0 Å². The summed E-state index contributed by atoms with van der Waals surface area (Å²) in [6, 6.07) is 0. The number of hydrogen-bond donors (Lipinski definition) is 1. The van der Waals surface area contributed by atoms with Crippen molar-refractivity contribution in [3.8, 4) is 0 Å². The number of amides is 1. The zero-order valence-corrected chi connectivity index (χ0v) is 9.41. The van der Waals surface area contributed by atoms with E-state index in [0.717, 1.165) is 25.7 Å². The first kappa shape index (κ1) is 11.3. The number of halogens is 1. The third kappa shape index (κ3) is 2.90. The van der Waals surface area contributed by atoms with E-state index in [1.807, 2.05) is 0 Å². The standard InChI is InChI=1S/C10H12ClN3O2/c11-9-6-12-5-8(13-9)10(15)14-16-7-3-1-2-4-7/h5-7H,1-4H2,(H,14,15). The number of nitrogens with zero attached hydrogens (tertiary/aromatic N) is 2. The number of nitrogens with one attached hydrogen (secondary N) is 1. The molecule has 1 aliphatic carbocycles. The number of hydroxylamine groups is 1. The molecule has 6 heteroatoms. The average Bonchev–Trinajstić information content (AvgIpc) is 2.78. The molecule has 0 aliphatic heterocycles. The van der Waals surface area contributed by atoms with Gasteiger partial charge in [0.1, 0.15) is 10.8 Å². The van der Waals surface area contributed by atoms with Crippen LogP contribution in [0.15, 0.2) is 12.4 Å². The fourth-order valence-electron chi connectivity index (χ4n) is 1.65. The largest absolute Gasteiger partial charge is 0.295 e. The van der Waals surface area contributed by atoms with Gasteiger partial charge in [-0.3, -0.25) is 14.6 Å². The summed E-state index contributed by atoms with van der Waals surface area (Å²) < 4.78 is 0. The van der Waals surface area contributed by atoms with Crippen molar-refractivity contribution in [3.05, 3.63) is 23.2 Å². The Kier molecular flexibility index (Phi) is 3.69. The van der Waals surface area contributed by atoms with E-state index >= 15 is 0 Å². The van der Waals surface area contributed by atoms with E-state index in [1.54, 1.807) is 0 Å². The van der Waals surface area contributed by atoms with Gasteiger partial charge >= 0.3 is 0 Å². The Hall–Kier alpha value is -1.20. The minimum absolute atomic E-state index is 0.121. The summed E-state index contributed by atoms with van der Waals surface area (Å²) >= 11 is 5.62. The van der Waals surface area contributed by atoms with Gasteiger partial charge in [0.2, 0.25) is 0 Å². The molecule has 1 amide bonds. The number of carbonyl (C=O) groups is 1. The molecule has 0 spiro atoms. The first-order chi connectivity index (χ1) is 7.75. The molecule has 1 fully saturated rings. The van der Waals surface area contributed by atoms with Crippen molar-refractivity contribution >= 4 is 17.5 Å². The molecule has 1 N–H and O–H groups in total. The van der Waals surface area contributed by atoms with Crippen LogP contribution in [0, 0.1) is 0 Å². The molecule has 1 aliphatic rings. The minimum atomic E-state index is -0.415. The quantitative estimate of drug-likeness (QED) is 0.819. The molecule has 86 valence electrons. The van der Waals surface area contributed by atoms with Crippen LogP contribution in [-0.4, -0.2) is 22.0 Å². The van der Waals surface area contributed by atoms with Gasteiger partial charge in [0.25, 0.3) is 5.91 Å². The molecule has 0 aromatic carbocycles. The summed E-state index contributed by atoms with van der Waals surface area (Å²) in [5.74, 6) is -0.415. The molecule has 1 aromatic heterocycles. The van der Waals surface area contributed by atoms with E-state index in [0.29, 0.717) is 0 Å². The number of rotatable bonds is 3. The molecule has 1 heterocycles. The van der Waals surface area contributed by atoms with E-state index in [1.165, 1.54) is 12.4 Å². The lowest BCUT2D eigenvalue weighted by Gasteiger charge is -2.10. The van der Waals surface area contributed by atoms with Gasteiger partial charge in [-0.1, -0.05) is 24.4 Å². The SMILES string of the molecule is O=C(NOC1CCCC1)c1cncc(Cl)n1. The van der Waals surface area contributed by atoms with Crippen LogP contribution in [-0.2, 0) is 4.84 Å². The Labute approximate surface area is 98.1 Å². The van der Waals surface area contributed by atoms with Crippen molar-refractivity contribution in [2.75, 3.05) is 0 Å². The Balaban J connectivity index is 1.87. The van der Waals surface area contributed by atoms with Gasteiger partial charge in [-0.15, -0.1) is 0 Å². The van der Waals surface area contributed by atoms with Crippen molar-refractivity contribution in [2.45, 2.75) is 31.8 Å². The molecule has 0 radical (unpaired) electrons. The third-order valence-electron chi connectivity index (χ3n) is 2.46. The second-order valence-electron chi connectivity index (χ2n) is 3.68. The molecule has 1 aromatic rings. The summed E-state index contributed by atoms with van der Waals surface area (Å²) in [5, 5.41) is 0.188. The lowest BCUT2D eigenvalue weighted by molar-refractivity contribution is -0.0128. The van der Waals surface area contributed by atoms with Gasteiger partial charge < -0.3 is 0 Å². The normalized spacial score (nSPS) is 16.3. The molecule has 0 atom stereocenters. The predicted octanol–water partition coefficient (Wildman–Crippen LogP) is 1.73. The van der Waals surface area contributed by atoms with E-state index in [9.17, 15) is 4.79 Å². The zero-order chi connectivity index (χ0) is 11.4. The highest BCUT2D eigenvalue weighted by Crippen LogP contribution is 2.19. The first-order valence-electron chi connectivity index (χ1n) is 5.19. The van der Waals surface area contributed by atoms with Crippen LogP contribution >= 0.6 is 11.6 Å². The highest BCUT2D eigenvalue weighted by atomic mass is 35.5. The molecule has 2 rings (SSSR count). The van der Waals surface area contributed by atoms with Crippen molar-refractivity contribution in [2.24, 2.45) is 0 Å². The zero-order valence-electron chi connectivity index (χ0n) is 8.65. The third-order valence-corrected chi connectivity index (χ3v) is 2.64. The van der Waals surface area contributed by atoms with E-state index < -0.39 is 5.91 Å². The van der Waals surface area contributed by atoms with E-state index in [2.05, 4.69) is 15.4 Å². The monoisotopic (exact) mass is 241 g/mol. The van der Waals surface area contributed by atoms with Crippen LogP contribution in [0.2, 0.25) is 5.15 Å². The minimum Gasteiger partial charge on any atom is -0.270 e. The average molecular weight is 242 g/mol. The van der Waals surface area contributed by atoms with Gasteiger partial charge in [0.05, 0.1) is 18.5 Å². The van der Waals surface area contributed by atoms with E-state index in [4.69, 9.17) is 16.4 Å². The maximum absolute atomic E-state index is 11.6. The fraction of sp³-hybridized carbons (Fsp3) is 0.500. The first-order valence-corrected chi connectivity index (χ1v) is 5.57. The summed E-state index contributed by atoms with van der Waals surface area (Å²) in [5.41, 5.74) is 2.53. The summed E-state index contributed by atoms with van der Waals surface area (Å²) in [6.45, 7) is 0. The maximum Gasteiger partial charge on any atom is 0.295 e. The van der Waals surface area contributed by atoms with Gasteiger partial charge in [-0.05, 0) is 12.8 Å². The van der Waals surface area contributed by atoms with Gasteiger partial charge in [-0.2, -0.15) is 0 Å². The molecular weight excluding hydrogens is 230 g/mol. The number of aromatic nitrogens is 2. The Bertz CT molecular complexity index is 380. The Morgan fingerprint density at radius 1 is 1.44 bits per heavy atom. The lowest BCUT2D eigenvalue weighted by atomic mass is 10.3. The van der Waals surface area contributed by atoms with Crippen molar-refractivity contribution in [3.63, 3.8) is 0 Å². The molecule has 5 nitrogen and oxygen atoms in total. The number of hydrogen-bond acceptors (Lipinski definition) is 4. The molecule has 0 unspecified atom stereocenters.